The van der Waals surface area contributed by atoms with Crippen LogP contribution in [0.25, 0.3) is 104 Å². The lowest BCUT2D eigenvalue weighted by Gasteiger charge is -2.24. The Hall–Kier alpha value is -7.70. The first kappa shape index (κ1) is 27.8. The summed E-state index contributed by atoms with van der Waals surface area (Å²) >= 11 is 0. The normalized spacial score (nSPS) is 16.3. The van der Waals surface area contributed by atoms with Crippen LogP contribution in [0.5, 0.6) is 11.5 Å². The van der Waals surface area contributed by atoms with E-state index >= 15 is 0 Å². The van der Waals surface area contributed by atoms with Gasteiger partial charge in [0.25, 0.3) is 0 Å². The zero-order chi connectivity index (χ0) is 36.5. The highest BCUT2D eigenvalue weighted by Crippen LogP contribution is 2.57. The van der Waals surface area contributed by atoms with Gasteiger partial charge in [0.05, 0.1) is 21.8 Å². The molecule has 6 heteroatoms. The second-order valence-electron chi connectivity index (χ2n) is 16.1. The summed E-state index contributed by atoms with van der Waals surface area (Å²) in [5.41, 5.74) is 12.4. The summed E-state index contributed by atoms with van der Waals surface area (Å²) in [4.78, 5) is 0. The Morgan fingerprint density at radius 2 is 0.895 bits per heavy atom. The molecule has 6 nitrogen and oxygen atoms in total. The zero-order valence-corrected chi connectivity index (χ0v) is 30.2. The molecule has 8 aromatic carbocycles. The van der Waals surface area contributed by atoms with Crippen molar-refractivity contribution in [1.82, 2.24) is 13.6 Å². The summed E-state index contributed by atoms with van der Waals surface area (Å²) in [5, 5.41) is 12.4. The first-order valence-corrected chi connectivity index (χ1v) is 19.7. The summed E-state index contributed by atoms with van der Waals surface area (Å²) in [7, 11) is 0. The number of benzene rings is 8. The molecule has 0 amide bonds. The van der Waals surface area contributed by atoms with E-state index in [-0.39, 0.29) is 0 Å². The van der Waals surface area contributed by atoms with Gasteiger partial charge in [0, 0.05) is 50.1 Å². The van der Waals surface area contributed by atoms with E-state index in [1.165, 1.54) is 109 Å². The molecule has 3 aliphatic heterocycles. The van der Waals surface area contributed by atoms with Crippen molar-refractivity contribution in [1.29, 1.82) is 0 Å². The molecule has 0 aliphatic carbocycles. The molecule has 260 valence electrons. The fourth-order valence-corrected chi connectivity index (χ4v) is 11.8. The van der Waals surface area contributed by atoms with Gasteiger partial charge in [-0.25, -0.2) is 0 Å². The Bertz CT molecular complexity index is 4130. The van der Waals surface area contributed by atoms with E-state index < -0.39 is 5.66 Å². The van der Waals surface area contributed by atoms with Gasteiger partial charge in [0.2, 0.25) is 11.0 Å². The molecule has 0 fully saturated rings. The number of hydrogen-bond donors (Lipinski definition) is 0. The van der Waals surface area contributed by atoms with Crippen molar-refractivity contribution in [2.24, 2.45) is 0 Å². The Morgan fingerprint density at radius 3 is 1.58 bits per heavy atom. The number of rotatable bonds is 1. The van der Waals surface area contributed by atoms with Crippen LogP contribution in [-0.4, -0.2) is 13.6 Å². The summed E-state index contributed by atoms with van der Waals surface area (Å²) in [6.45, 7) is 0. The topological polar surface area (TPSA) is 30.7 Å². The van der Waals surface area contributed by atoms with Gasteiger partial charge in [-0.15, -0.1) is 9.03 Å². The fraction of sp³-hybridized carbons (Fsp3) is 0.0196. The third kappa shape index (κ3) is 2.74. The lowest BCUT2D eigenvalue weighted by atomic mass is 9.84. The zero-order valence-electron chi connectivity index (χ0n) is 30.2. The summed E-state index contributed by atoms with van der Waals surface area (Å²) in [5.74, 6) is 1.81. The molecule has 1 spiro atoms. The second kappa shape index (κ2) is 8.88. The number of fused-ring (bicyclic) bond motifs is 15. The van der Waals surface area contributed by atoms with Crippen LogP contribution in [-0.2, 0) is 5.66 Å². The Labute approximate surface area is 322 Å². The molecular weight excluding hydrogens is 699 g/mol. The number of ether oxygens (including phenoxy) is 1. The maximum absolute atomic E-state index is 7.12. The minimum absolute atomic E-state index is 0.773. The molecule has 13 aromatic rings. The van der Waals surface area contributed by atoms with E-state index in [4.69, 9.17) is 4.74 Å². The molecule has 0 N–H and O–H groups in total. The van der Waals surface area contributed by atoms with Crippen LogP contribution in [0.1, 0.15) is 11.1 Å². The molecule has 0 radical (unpaired) electrons. The summed E-state index contributed by atoms with van der Waals surface area (Å²) in [6.07, 6.45) is 0. The van der Waals surface area contributed by atoms with Crippen LogP contribution in [0.2, 0.25) is 0 Å². The van der Waals surface area contributed by atoms with Crippen molar-refractivity contribution in [2.45, 2.75) is 5.66 Å². The van der Waals surface area contributed by atoms with Gasteiger partial charge in [-0.1, -0.05) is 84.9 Å². The lowest BCUT2D eigenvalue weighted by Crippen LogP contribution is -2.74. The maximum Gasteiger partial charge on any atom is 0.470 e. The van der Waals surface area contributed by atoms with Gasteiger partial charge in [0.1, 0.15) is 33.6 Å². The van der Waals surface area contributed by atoms with Gasteiger partial charge < -0.3 is 9.30 Å². The molecule has 1 unspecified atom stereocenters. The molecule has 16 rings (SSSR count). The third-order valence-corrected chi connectivity index (χ3v) is 13.7. The quantitative estimate of drug-likeness (QED) is 0.122. The SMILES string of the molecule is c1ccc(-n2c3ccccc3c3cc4c5ccc6c7c5n5c(c4cc32)c2ccccc2[n+]5C72c3c(ccc4c5ccccc5c5c7ccccc7[n+]2n5c34)O6)cc1. The minimum Gasteiger partial charge on any atom is -0.455 e. The van der Waals surface area contributed by atoms with Crippen LogP contribution >= 0.6 is 0 Å². The van der Waals surface area contributed by atoms with Crippen molar-refractivity contribution in [3.63, 3.8) is 0 Å². The van der Waals surface area contributed by atoms with E-state index in [2.05, 4.69) is 187 Å². The Balaban J connectivity index is 1.20. The van der Waals surface area contributed by atoms with E-state index in [0.29, 0.717) is 0 Å². The molecule has 1 atom stereocenters. The Morgan fingerprint density at radius 1 is 0.368 bits per heavy atom. The largest absolute Gasteiger partial charge is 0.470 e. The van der Waals surface area contributed by atoms with E-state index in [0.717, 1.165) is 17.2 Å². The minimum atomic E-state index is -0.773. The van der Waals surface area contributed by atoms with Crippen LogP contribution in [0.4, 0.5) is 0 Å². The first-order chi connectivity index (χ1) is 28.3. The average Bonchev–Trinajstić information content (AvgIpc) is 4.05. The first-order valence-electron chi connectivity index (χ1n) is 19.7. The monoisotopic (exact) mass is 725 g/mol. The van der Waals surface area contributed by atoms with E-state index in [1.54, 1.807) is 0 Å². The number of para-hydroxylation sites is 4. The van der Waals surface area contributed by atoms with Gasteiger partial charge in [-0.05, 0) is 86.9 Å². The van der Waals surface area contributed by atoms with Gasteiger partial charge in [-0.3, -0.25) is 0 Å². The van der Waals surface area contributed by atoms with Crippen molar-refractivity contribution in [3.8, 4) is 17.2 Å². The molecule has 8 heterocycles. The smallest absolute Gasteiger partial charge is 0.455 e. The number of pyridine rings is 2. The summed E-state index contributed by atoms with van der Waals surface area (Å²) < 4.78 is 19.9. The predicted octanol–water partition coefficient (Wildman–Crippen LogP) is 10.8. The molecule has 5 aromatic heterocycles. The van der Waals surface area contributed by atoms with Crippen LogP contribution in [0.15, 0.2) is 164 Å². The molecule has 0 saturated carbocycles. The fourth-order valence-electron chi connectivity index (χ4n) is 11.8. The highest BCUT2D eigenvalue weighted by molar-refractivity contribution is 6.25. The van der Waals surface area contributed by atoms with Gasteiger partial charge >= 0.3 is 5.66 Å². The average molecular weight is 726 g/mol. The van der Waals surface area contributed by atoms with Crippen LogP contribution < -0.4 is 14.1 Å². The van der Waals surface area contributed by atoms with Gasteiger partial charge in [0.15, 0.2) is 11.1 Å². The van der Waals surface area contributed by atoms with Crippen molar-refractivity contribution >= 4 is 98.0 Å². The summed E-state index contributed by atoms with van der Waals surface area (Å²) in [6, 6.07) is 60.5. The number of hydrogen-bond acceptors (Lipinski definition) is 1. The second-order valence-corrected chi connectivity index (χ2v) is 16.1. The standard InChI is InChI=1S/C51H27N5O/c1-2-12-28(13-3-1)52-39-19-9-6-15-30(39)37-26-36-33-23-25-44-46-50(33)54-48(38(36)27-42(37)52)35-18-8-11-21-41(35)56(54)51(46)45-43(57-44)24-22-32-29-14-4-5-16-31(29)47-34-17-7-10-20-40(34)55(51)53(47)49(32)45/h1-27H/q+2. The molecule has 0 bridgehead atoms. The van der Waals surface area contributed by atoms with E-state index in [1.807, 2.05) is 0 Å². The third-order valence-electron chi connectivity index (χ3n) is 13.7. The maximum atomic E-state index is 7.12. The highest BCUT2D eigenvalue weighted by atomic mass is 16.5. The van der Waals surface area contributed by atoms with E-state index in [9.17, 15) is 0 Å². The van der Waals surface area contributed by atoms with Crippen LogP contribution in [0.3, 0.4) is 0 Å². The number of aromatic nitrogens is 5. The molecule has 57 heavy (non-hydrogen) atoms. The Kier molecular flexibility index (Phi) is 4.33. The number of nitrogens with zero attached hydrogens (tertiary/aromatic N) is 5. The predicted molar refractivity (Wildman–Crippen MR) is 226 cm³/mol. The van der Waals surface area contributed by atoms with Gasteiger partial charge in [-0.2, -0.15) is 0 Å². The van der Waals surface area contributed by atoms with Crippen molar-refractivity contribution in [2.75, 3.05) is 0 Å². The van der Waals surface area contributed by atoms with Crippen molar-refractivity contribution in [3.05, 3.63) is 175 Å². The molecular formula is C51H27N5O+2. The highest BCUT2D eigenvalue weighted by Gasteiger charge is 2.73. The van der Waals surface area contributed by atoms with Crippen molar-refractivity contribution < 1.29 is 14.1 Å². The van der Waals surface area contributed by atoms with Crippen LogP contribution in [0, 0.1) is 0 Å². The lowest BCUT2D eigenvalue weighted by molar-refractivity contribution is -0.992. The molecule has 0 saturated heterocycles. The molecule has 3 aliphatic rings.